The predicted molar refractivity (Wildman–Crippen MR) is 64.5 cm³/mol. The monoisotopic (exact) mass is 262 g/mol. The first kappa shape index (κ1) is 12.3. The summed E-state index contributed by atoms with van der Waals surface area (Å²) in [4.78, 5) is 23.8. The fourth-order valence-corrected chi connectivity index (χ4v) is 2.45. The van der Waals surface area contributed by atoms with E-state index < -0.39 is 12.4 Å². The molecule has 0 amide bonds. The summed E-state index contributed by atoms with van der Waals surface area (Å²) in [5.41, 5.74) is 0.533. The second kappa shape index (κ2) is 5.11. The molecule has 0 aliphatic carbocycles. The third kappa shape index (κ3) is 2.39. The number of cyclic esters (lactones) is 1. The van der Waals surface area contributed by atoms with Crippen molar-refractivity contribution in [2.45, 2.75) is 18.8 Å². The third-order valence-electron chi connectivity index (χ3n) is 3.36. The lowest BCUT2D eigenvalue weighted by Crippen LogP contribution is -2.35. The minimum Gasteiger partial charge on any atom is -0.453 e. The highest BCUT2D eigenvalue weighted by Gasteiger charge is 2.46. The zero-order chi connectivity index (χ0) is 13.2. The molecule has 2 saturated heterocycles. The summed E-state index contributed by atoms with van der Waals surface area (Å²) < 4.78 is 15.9. The van der Waals surface area contributed by atoms with Crippen LogP contribution in [0.15, 0.2) is 30.3 Å². The van der Waals surface area contributed by atoms with Gasteiger partial charge in [0.25, 0.3) is 0 Å². The molecule has 0 bridgehead atoms. The molecular weight excluding hydrogens is 248 g/mol. The molecule has 0 saturated carbocycles. The van der Waals surface area contributed by atoms with Crippen molar-refractivity contribution in [3.63, 3.8) is 0 Å². The highest BCUT2D eigenvalue weighted by atomic mass is 16.7. The Morgan fingerprint density at radius 1 is 1.11 bits per heavy atom. The lowest BCUT2D eigenvalue weighted by molar-refractivity contribution is -0.140. The minimum atomic E-state index is -0.807. The number of ketones is 1. The van der Waals surface area contributed by atoms with Crippen LogP contribution in [-0.4, -0.2) is 37.4 Å². The molecule has 5 heteroatoms. The molecule has 2 aliphatic rings. The van der Waals surface area contributed by atoms with Gasteiger partial charge in [0.1, 0.15) is 0 Å². The van der Waals surface area contributed by atoms with E-state index in [2.05, 4.69) is 0 Å². The first-order valence-electron chi connectivity index (χ1n) is 6.27. The summed E-state index contributed by atoms with van der Waals surface area (Å²) in [6.07, 6.45) is -1.17. The number of esters is 1. The molecule has 100 valence electrons. The Kier molecular flexibility index (Phi) is 3.31. The molecule has 0 spiro atoms. The molecule has 0 N–H and O–H groups in total. The number of rotatable bonds is 3. The van der Waals surface area contributed by atoms with Crippen molar-refractivity contribution in [2.24, 2.45) is 5.92 Å². The van der Waals surface area contributed by atoms with E-state index in [1.54, 1.807) is 24.3 Å². The molecule has 0 aromatic heterocycles. The van der Waals surface area contributed by atoms with E-state index in [1.807, 2.05) is 6.07 Å². The highest BCUT2D eigenvalue weighted by molar-refractivity contribution is 6.01. The van der Waals surface area contributed by atoms with Crippen molar-refractivity contribution in [1.29, 1.82) is 0 Å². The molecule has 2 aliphatic heterocycles. The highest BCUT2D eigenvalue weighted by Crippen LogP contribution is 2.31. The lowest BCUT2D eigenvalue weighted by Gasteiger charge is -2.20. The zero-order valence-electron chi connectivity index (χ0n) is 10.3. The van der Waals surface area contributed by atoms with Crippen LogP contribution < -0.4 is 0 Å². The van der Waals surface area contributed by atoms with Crippen LogP contribution in [0.2, 0.25) is 0 Å². The maximum atomic E-state index is 12.4. The van der Waals surface area contributed by atoms with Crippen LogP contribution in [0.1, 0.15) is 16.8 Å². The fraction of sp³-hybridized carbons (Fsp3) is 0.429. The van der Waals surface area contributed by atoms with Crippen LogP contribution in [0.25, 0.3) is 0 Å². The summed E-state index contributed by atoms with van der Waals surface area (Å²) in [5, 5.41) is 0. The number of ether oxygens (including phenoxy) is 3. The topological polar surface area (TPSA) is 61.8 Å². The van der Waals surface area contributed by atoms with E-state index in [4.69, 9.17) is 14.2 Å². The number of carbonyl (C=O) groups excluding carboxylic acids is 2. The maximum Gasteiger partial charge on any atom is 0.307 e. The average molecular weight is 262 g/mol. The molecule has 0 unspecified atom stereocenters. The van der Waals surface area contributed by atoms with Crippen molar-refractivity contribution >= 4 is 11.8 Å². The van der Waals surface area contributed by atoms with Crippen LogP contribution in [-0.2, 0) is 19.0 Å². The lowest BCUT2D eigenvalue weighted by atomic mass is 9.94. The smallest absolute Gasteiger partial charge is 0.307 e. The van der Waals surface area contributed by atoms with E-state index >= 15 is 0 Å². The molecule has 0 radical (unpaired) electrons. The Morgan fingerprint density at radius 3 is 2.47 bits per heavy atom. The summed E-state index contributed by atoms with van der Waals surface area (Å²) in [5.74, 6) is -0.934. The van der Waals surface area contributed by atoms with Crippen LogP contribution >= 0.6 is 0 Å². The van der Waals surface area contributed by atoms with E-state index in [0.29, 0.717) is 18.8 Å². The minimum absolute atomic E-state index is 0.161. The number of benzene rings is 1. The Labute approximate surface area is 110 Å². The molecular formula is C14H14O5. The maximum absolute atomic E-state index is 12.4. The second-order valence-corrected chi connectivity index (χ2v) is 4.62. The Balaban J connectivity index is 1.81. The van der Waals surface area contributed by atoms with E-state index in [0.717, 1.165) is 0 Å². The SMILES string of the molecule is O=C1C[C@H](C2OCCO2)[C@@H](C(=O)c2ccccc2)O1. The predicted octanol–water partition coefficient (Wildman–Crippen LogP) is 1.17. The van der Waals surface area contributed by atoms with E-state index in [-0.39, 0.29) is 24.1 Å². The van der Waals surface area contributed by atoms with Gasteiger partial charge in [0.2, 0.25) is 5.78 Å². The summed E-state index contributed by atoms with van der Waals surface area (Å²) in [6, 6.07) is 8.81. The summed E-state index contributed by atoms with van der Waals surface area (Å²) >= 11 is 0. The van der Waals surface area contributed by atoms with Crippen molar-refractivity contribution < 1.29 is 23.8 Å². The van der Waals surface area contributed by atoms with Gasteiger partial charge >= 0.3 is 5.97 Å². The number of carbonyl (C=O) groups is 2. The van der Waals surface area contributed by atoms with Gasteiger partial charge in [-0.3, -0.25) is 9.59 Å². The first-order chi connectivity index (χ1) is 9.25. The summed E-state index contributed by atoms with van der Waals surface area (Å²) in [7, 11) is 0. The van der Waals surface area contributed by atoms with Crippen LogP contribution in [0.4, 0.5) is 0 Å². The summed E-state index contributed by atoms with van der Waals surface area (Å²) in [6.45, 7) is 0.975. The van der Waals surface area contributed by atoms with Gasteiger partial charge in [-0.05, 0) is 0 Å². The molecule has 2 heterocycles. The van der Waals surface area contributed by atoms with Crippen LogP contribution in [0, 0.1) is 5.92 Å². The van der Waals surface area contributed by atoms with Gasteiger partial charge in [0.05, 0.1) is 25.6 Å². The van der Waals surface area contributed by atoms with Gasteiger partial charge in [-0.2, -0.15) is 0 Å². The van der Waals surface area contributed by atoms with Gasteiger partial charge in [0.15, 0.2) is 12.4 Å². The quantitative estimate of drug-likeness (QED) is 0.604. The van der Waals surface area contributed by atoms with Crippen molar-refractivity contribution in [2.75, 3.05) is 13.2 Å². The molecule has 1 aromatic carbocycles. The molecule has 2 fully saturated rings. The average Bonchev–Trinajstić information content (AvgIpc) is 3.07. The zero-order valence-corrected chi connectivity index (χ0v) is 10.3. The Morgan fingerprint density at radius 2 is 1.79 bits per heavy atom. The van der Waals surface area contributed by atoms with Gasteiger partial charge in [-0.15, -0.1) is 0 Å². The molecule has 5 nitrogen and oxygen atoms in total. The van der Waals surface area contributed by atoms with Crippen molar-refractivity contribution in [3.8, 4) is 0 Å². The third-order valence-corrected chi connectivity index (χ3v) is 3.36. The number of hydrogen-bond donors (Lipinski definition) is 0. The van der Waals surface area contributed by atoms with Gasteiger partial charge in [-0.1, -0.05) is 30.3 Å². The molecule has 1 aromatic rings. The van der Waals surface area contributed by atoms with E-state index in [9.17, 15) is 9.59 Å². The van der Waals surface area contributed by atoms with Gasteiger partial charge < -0.3 is 14.2 Å². The molecule has 2 atom stereocenters. The van der Waals surface area contributed by atoms with Crippen molar-refractivity contribution in [3.05, 3.63) is 35.9 Å². The van der Waals surface area contributed by atoms with Gasteiger partial charge in [-0.25, -0.2) is 0 Å². The number of Topliss-reactive ketones (excluding diaryl/α,β-unsaturated/α-hetero) is 1. The second-order valence-electron chi connectivity index (χ2n) is 4.62. The van der Waals surface area contributed by atoms with Crippen LogP contribution in [0.3, 0.4) is 0 Å². The molecule has 19 heavy (non-hydrogen) atoms. The first-order valence-corrected chi connectivity index (χ1v) is 6.27. The normalized spacial score (nSPS) is 27.5. The van der Waals surface area contributed by atoms with Crippen LogP contribution in [0.5, 0.6) is 0 Å². The largest absolute Gasteiger partial charge is 0.453 e. The standard InChI is InChI=1S/C14H14O5/c15-11-8-10(14-17-6-7-18-14)13(19-11)12(16)9-4-2-1-3-5-9/h1-5,10,13-14H,6-8H2/t10-,13-/m0/s1. The van der Waals surface area contributed by atoms with Gasteiger partial charge in [0, 0.05) is 5.56 Å². The van der Waals surface area contributed by atoms with E-state index in [1.165, 1.54) is 0 Å². The fourth-order valence-electron chi connectivity index (χ4n) is 2.45. The Hall–Kier alpha value is -1.72. The Bertz CT molecular complexity index is 478. The molecule has 3 rings (SSSR count). The number of hydrogen-bond acceptors (Lipinski definition) is 5. The van der Waals surface area contributed by atoms with Crippen molar-refractivity contribution in [1.82, 2.24) is 0 Å².